The van der Waals surface area contributed by atoms with Gasteiger partial charge in [0.25, 0.3) is 0 Å². The molecule has 3 aromatic rings. The number of fused-ring (bicyclic) bond motifs is 1. The molecule has 5 heteroatoms. The molecule has 1 atom stereocenters. The van der Waals surface area contributed by atoms with Crippen LogP contribution in [0.25, 0.3) is 5.65 Å². The van der Waals surface area contributed by atoms with Crippen LogP contribution >= 0.6 is 0 Å². The maximum Gasteiger partial charge on any atom is 0.217 e. The van der Waals surface area contributed by atoms with E-state index in [-0.39, 0.29) is 18.4 Å². The molecule has 0 amide bonds. The summed E-state index contributed by atoms with van der Waals surface area (Å²) in [6.07, 6.45) is 3.10. The molecule has 0 N–H and O–H groups in total. The molecule has 2 aromatic heterocycles. The van der Waals surface area contributed by atoms with Gasteiger partial charge in [-0.3, -0.25) is 4.79 Å². The minimum Gasteiger partial charge on any atom is -0.369 e. The molecule has 4 rings (SSSR count). The van der Waals surface area contributed by atoms with Crippen LogP contribution in [0.1, 0.15) is 43.4 Å². The van der Waals surface area contributed by atoms with Crippen LogP contribution in [0.4, 0.5) is 5.69 Å². The molecule has 1 aliphatic heterocycles. The van der Waals surface area contributed by atoms with Crippen molar-refractivity contribution in [1.29, 1.82) is 0 Å². The SMILES string of the molecule is CC(=O)c1nc2c(C)cc(N3CC[C@](C)(c4ccccc4)C3)cn2n1.[HH]. The third-order valence-electron chi connectivity index (χ3n) is 5.23. The van der Waals surface area contributed by atoms with Crippen molar-refractivity contribution in [1.82, 2.24) is 14.6 Å². The molecule has 1 aromatic carbocycles. The Morgan fingerprint density at radius 3 is 2.76 bits per heavy atom. The van der Waals surface area contributed by atoms with Gasteiger partial charge in [0.2, 0.25) is 5.82 Å². The molecule has 0 spiro atoms. The third-order valence-corrected chi connectivity index (χ3v) is 5.23. The van der Waals surface area contributed by atoms with E-state index < -0.39 is 0 Å². The van der Waals surface area contributed by atoms with Crippen molar-refractivity contribution in [3.63, 3.8) is 0 Å². The second kappa shape index (κ2) is 5.69. The zero-order valence-electron chi connectivity index (χ0n) is 14.9. The van der Waals surface area contributed by atoms with E-state index in [1.54, 1.807) is 4.52 Å². The Kier molecular flexibility index (Phi) is 3.60. The van der Waals surface area contributed by atoms with Gasteiger partial charge in [-0.15, -0.1) is 5.10 Å². The highest BCUT2D eigenvalue weighted by molar-refractivity contribution is 5.90. The van der Waals surface area contributed by atoms with Gasteiger partial charge in [0.15, 0.2) is 11.4 Å². The van der Waals surface area contributed by atoms with Crippen molar-refractivity contribution < 1.29 is 6.22 Å². The number of benzene rings is 1. The molecule has 1 aliphatic rings. The second-order valence-corrected chi connectivity index (χ2v) is 7.24. The average Bonchev–Trinajstić information content (AvgIpc) is 3.21. The predicted molar refractivity (Wildman–Crippen MR) is 100 cm³/mol. The first-order valence-corrected chi connectivity index (χ1v) is 8.65. The van der Waals surface area contributed by atoms with E-state index in [0.29, 0.717) is 0 Å². The van der Waals surface area contributed by atoms with Crippen molar-refractivity contribution in [2.75, 3.05) is 18.0 Å². The summed E-state index contributed by atoms with van der Waals surface area (Å²) in [5.74, 6) is 0.165. The average molecular weight is 336 g/mol. The van der Waals surface area contributed by atoms with E-state index in [1.165, 1.54) is 12.5 Å². The number of aromatic nitrogens is 3. The van der Waals surface area contributed by atoms with Crippen molar-refractivity contribution in [3.8, 4) is 0 Å². The number of carbonyl (C=O) groups is 1. The van der Waals surface area contributed by atoms with Gasteiger partial charge in [-0.25, -0.2) is 9.50 Å². The molecule has 25 heavy (non-hydrogen) atoms. The smallest absolute Gasteiger partial charge is 0.217 e. The normalized spacial score (nSPS) is 20.4. The fourth-order valence-corrected chi connectivity index (χ4v) is 3.71. The molecule has 0 radical (unpaired) electrons. The van der Waals surface area contributed by atoms with E-state index in [2.05, 4.69) is 58.3 Å². The number of hydrogen-bond acceptors (Lipinski definition) is 4. The summed E-state index contributed by atoms with van der Waals surface area (Å²) in [5.41, 5.74) is 4.45. The Morgan fingerprint density at radius 1 is 1.28 bits per heavy atom. The lowest BCUT2D eigenvalue weighted by atomic mass is 9.82. The first-order valence-electron chi connectivity index (χ1n) is 8.65. The lowest BCUT2D eigenvalue weighted by Gasteiger charge is -2.26. The van der Waals surface area contributed by atoms with E-state index in [4.69, 9.17) is 0 Å². The van der Waals surface area contributed by atoms with Crippen LogP contribution in [-0.4, -0.2) is 33.5 Å². The molecular weight excluding hydrogens is 312 g/mol. The molecule has 5 nitrogen and oxygen atoms in total. The van der Waals surface area contributed by atoms with Gasteiger partial charge in [-0.2, -0.15) is 0 Å². The van der Waals surface area contributed by atoms with Crippen LogP contribution < -0.4 is 4.90 Å². The van der Waals surface area contributed by atoms with Crippen LogP contribution in [0.15, 0.2) is 42.6 Å². The summed E-state index contributed by atoms with van der Waals surface area (Å²) in [6.45, 7) is 7.82. The van der Waals surface area contributed by atoms with Crippen LogP contribution in [0.5, 0.6) is 0 Å². The molecule has 1 saturated heterocycles. The highest BCUT2D eigenvalue weighted by Gasteiger charge is 2.35. The number of nitrogens with zero attached hydrogens (tertiary/aromatic N) is 4. The molecule has 0 unspecified atom stereocenters. The number of rotatable bonds is 3. The molecular formula is C20H24N4O. The molecule has 0 saturated carbocycles. The summed E-state index contributed by atoms with van der Waals surface area (Å²) >= 11 is 0. The Bertz CT molecular complexity index is 953. The van der Waals surface area contributed by atoms with Gasteiger partial charge < -0.3 is 4.90 Å². The van der Waals surface area contributed by atoms with Crippen LogP contribution in [-0.2, 0) is 5.41 Å². The largest absolute Gasteiger partial charge is 0.369 e. The van der Waals surface area contributed by atoms with Crippen LogP contribution in [0.2, 0.25) is 0 Å². The maximum atomic E-state index is 11.6. The number of Topliss-reactive ketones (excluding diaryl/α,β-unsaturated/α-hetero) is 1. The fraction of sp³-hybridized carbons (Fsp3) is 0.350. The Hall–Kier alpha value is -2.69. The van der Waals surface area contributed by atoms with Crippen molar-refractivity contribution >= 4 is 17.1 Å². The lowest BCUT2D eigenvalue weighted by Crippen LogP contribution is -2.28. The van der Waals surface area contributed by atoms with Gasteiger partial charge in [0.1, 0.15) is 0 Å². The molecule has 1 fully saturated rings. The summed E-state index contributed by atoms with van der Waals surface area (Å²) in [4.78, 5) is 18.3. The van der Waals surface area contributed by atoms with Gasteiger partial charge in [0.05, 0.1) is 11.9 Å². The zero-order chi connectivity index (χ0) is 17.6. The Morgan fingerprint density at radius 2 is 2.04 bits per heavy atom. The van der Waals surface area contributed by atoms with Gasteiger partial charge in [0, 0.05) is 26.9 Å². The van der Waals surface area contributed by atoms with E-state index in [1.807, 2.05) is 13.1 Å². The highest BCUT2D eigenvalue weighted by atomic mass is 16.1. The van der Waals surface area contributed by atoms with Gasteiger partial charge in [-0.1, -0.05) is 37.3 Å². The van der Waals surface area contributed by atoms with E-state index in [9.17, 15) is 4.79 Å². The second-order valence-electron chi connectivity index (χ2n) is 7.24. The zero-order valence-corrected chi connectivity index (χ0v) is 14.9. The quantitative estimate of drug-likeness (QED) is 0.685. The van der Waals surface area contributed by atoms with Gasteiger partial charge in [-0.05, 0) is 30.5 Å². The third kappa shape index (κ3) is 2.69. The lowest BCUT2D eigenvalue weighted by molar-refractivity contribution is 0.100. The van der Waals surface area contributed by atoms with Gasteiger partial charge >= 0.3 is 0 Å². The van der Waals surface area contributed by atoms with Crippen LogP contribution in [0, 0.1) is 6.92 Å². The van der Waals surface area contributed by atoms with Crippen molar-refractivity contribution in [3.05, 3.63) is 59.5 Å². The predicted octanol–water partition coefficient (Wildman–Crippen LogP) is 3.65. The number of ketones is 1. The van der Waals surface area contributed by atoms with Crippen LogP contribution in [0.3, 0.4) is 0 Å². The number of hydrogen-bond donors (Lipinski definition) is 0. The number of carbonyl (C=O) groups excluding carboxylic acids is 1. The summed E-state index contributed by atoms with van der Waals surface area (Å²) in [7, 11) is 0. The minimum atomic E-state index is -0.109. The minimum absolute atomic E-state index is 0. The molecule has 130 valence electrons. The number of anilines is 1. The number of aryl methyl sites for hydroxylation is 1. The van der Waals surface area contributed by atoms with Crippen molar-refractivity contribution in [2.45, 2.75) is 32.6 Å². The fourth-order valence-electron chi connectivity index (χ4n) is 3.71. The summed E-state index contributed by atoms with van der Waals surface area (Å²) in [5, 5.41) is 4.33. The van der Waals surface area contributed by atoms with E-state index in [0.717, 1.165) is 36.4 Å². The summed E-state index contributed by atoms with van der Waals surface area (Å²) in [6, 6.07) is 12.9. The maximum absolute atomic E-state index is 11.6. The molecule has 0 aliphatic carbocycles. The summed E-state index contributed by atoms with van der Waals surface area (Å²) < 4.78 is 1.74. The molecule has 0 bridgehead atoms. The van der Waals surface area contributed by atoms with E-state index >= 15 is 0 Å². The number of pyridine rings is 1. The Labute approximate surface area is 148 Å². The molecule has 3 heterocycles. The van der Waals surface area contributed by atoms with Crippen molar-refractivity contribution in [2.24, 2.45) is 0 Å². The standard InChI is InChI=1S/C20H22N4O.H2/c1-14-11-17(12-24-19(14)21-18(22-24)15(2)25)23-10-9-20(3,13-23)16-7-5-4-6-8-16;/h4-8,11-12H,9-10,13H2,1-3H3;1H/t20-;/m0./s1. The monoisotopic (exact) mass is 336 g/mol. The highest BCUT2D eigenvalue weighted by Crippen LogP contribution is 2.36. The first kappa shape index (κ1) is 15.8. The topological polar surface area (TPSA) is 50.5 Å². The Balaban J connectivity index is 0.00000196. The first-order chi connectivity index (χ1) is 12.0.